The quantitative estimate of drug-likeness (QED) is 0.798. The normalized spacial score (nSPS) is 17.2. The summed E-state index contributed by atoms with van der Waals surface area (Å²) >= 11 is 0. The standard InChI is InChI=1S/C21H23NO3/c1-16-8-7-13-22(14-16)20(23)15-25-21(24)19-12-6-5-11-18(19)17-9-3-2-4-10-17/h2-6,9-12,16H,7-8,13-15H2,1H3/t16-/m0/s1. The fourth-order valence-electron chi connectivity index (χ4n) is 3.24. The number of piperidine rings is 1. The Labute approximate surface area is 148 Å². The molecular weight excluding hydrogens is 314 g/mol. The van der Waals surface area contributed by atoms with E-state index in [-0.39, 0.29) is 12.5 Å². The Morgan fingerprint density at radius 2 is 1.80 bits per heavy atom. The van der Waals surface area contributed by atoms with E-state index in [0.29, 0.717) is 11.5 Å². The van der Waals surface area contributed by atoms with Crippen LogP contribution in [0.15, 0.2) is 54.6 Å². The first kappa shape index (κ1) is 17.2. The van der Waals surface area contributed by atoms with Gasteiger partial charge in [-0.2, -0.15) is 0 Å². The molecule has 1 heterocycles. The molecule has 4 heteroatoms. The average Bonchev–Trinajstić information content (AvgIpc) is 2.66. The van der Waals surface area contributed by atoms with Crippen molar-refractivity contribution in [1.29, 1.82) is 0 Å². The number of rotatable bonds is 4. The zero-order valence-corrected chi connectivity index (χ0v) is 14.5. The van der Waals surface area contributed by atoms with Gasteiger partial charge in [0, 0.05) is 13.1 Å². The van der Waals surface area contributed by atoms with Gasteiger partial charge in [-0.1, -0.05) is 55.5 Å². The van der Waals surface area contributed by atoms with E-state index in [9.17, 15) is 9.59 Å². The van der Waals surface area contributed by atoms with E-state index in [1.807, 2.05) is 42.5 Å². The summed E-state index contributed by atoms with van der Waals surface area (Å²) in [6, 6.07) is 17.0. The molecule has 25 heavy (non-hydrogen) atoms. The van der Waals surface area contributed by atoms with E-state index in [0.717, 1.165) is 37.1 Å². The summed E-state index contributed by atoms with van der Waals surface area (Å²) < 4.78 is 5.31. The van der Waals surface area contributed by atoms with Crippen LogP contribution in [-0.4, -0.2) is 36.5 Å². The van der Waals surface area contributed by atoms with Gasteiger partial charge in [-0.05, 0) is 36.0 Å². The maximum atomic E-state index is 12.5. The molecule has 0 aliphatic carbocycles. The second kappa shape index (κ2) is 7.97. The van der Waals surface area contributed by atoms with Crippen molar-refractivity contribution >= 4 is 11.9 Å². The molecule has 2 aromatic rings. The summed E-state index contributed by atoms with van der Waals surface area (Å²) in [6.07, 6.45) is 2.16. The number of hydrogen-bond acceptors (Lipinski definition) is 3. The van der Waals surface area contributed by atoms with E-state index in [2.05, 4.69) is 6.92 Å². The molecule has 0 radical (unpaired) electrons. The Kier molecular flexibility index (Phi) is 5.49. The first-order valence-electron chi connectivity index (χ1n) is 8.74. The second-order valence-electron chi connectivity index (χ2n) is 6.57. The number of carbonyl (C=O) groups excluding carboxylic acids is 2. The highest BCUT2D eigenvalue weighted by atomic mass is 16.5. The Hall–Kier alpha value is -2.62. The Balaban J connectivity index is 1.67. The molecule has 2 aromatic carbocycles. The van der Waals surface area contributed by atoms with Gasteiger partial charge in [0.25, 0.3) is 5.91 Å². The summed E-state index contributed by atoms with van der Waals surface area (Å²) in [6.45, 7) is 3.44. The summed E-state index contributed by atoms with van der Waals surface area (Å²) in [5.74, 6) is -0.0674. The lowest BCUT2D eigenvalue weighted by Gasteiger charge is -2.30. The highest BCUT2D eigenvalue weighted by molar-refractivity contribution is 5.98. The molecule has 0 aromatic heterocycles. The molecule has 0 unspecified atom stereocenters. The van der Waals surface area contributed by atoms with Gasteiger partial charge in [0.15, 0.2) is 6.61 Å². The van der Waals surface area contributed by atoms with Crippen molar-refractivity contribution in [2.75, 3.05) is 19.7 Å². The molecule has 3 rings (SSSR count). The third-order valence-corrected chi connectivity index (χ3v) is 4.57. The van der Waals surface area contributed by atoms with Crippen LogP contribution in [0.1, 0.15) is 30.1 Å². The highest BCUT2D eigenvalue weighted by Crippen LogP contribution is 2.24. The minimum Gasteiger partial charge on any atom is -0.452 e. The van der Waals surface area contributed by atoms with Crippen LogP contribution in [0, 0.1) is 5.92 Å². The maximum absolute atomic E-state index is 12.5. The molecule has 130 valence electrons. The van der Waals surface area contributed by atoms with Crippen molar-refractivity contribution in [3.05, 3.63) is 60.2 Å². The molecule has 1 amide bonds. The third-order valence-electron chi connectivity index (χ3n) is 4.57. The SMILES string of the molecule is C[C@H]1CCCN(C(=O)COC(=O)c2ccccc2-c2ccccc2)C1. The number of carbonyl (C=O) groups is 2. The number of benzene rings is 2. The summed E-state index contributed by atoms with van der Waals surface area (Å²) in [7, 11) is 0. The lowest BCUT2D eigenvalue weighted by molar-refractivity contribution is -0.136. The van der Waals surface area contributed by atoms with Crippen LogP contribution in [-0.2, 0) is 9.53 Å². The summed E-state index contributed by atoms with van der Waals surface area (Å²) in [5, 5.41) is 0. The monoisotopic (exact) mass is 337 g/mol. The lowest BCUT2D eigenvalue weighted by Crippen LogP contribution is -2.41. The zero-order valence-electron chi connectivity index (χ0n) is 14.5. The number of ether oxygens (including phenoxy) is 1. The van der Waals surface area contributed by atoms with Crippen LogP contribution >= 0.6 is 0 Å². The van der Waals surface area contributed by atoms with Crippen molar-refractivity contribution in [3.8, 4) is 11.1 Å². The van der Waals surface area contributed by atoms with Gasteiger partial charge in [0.1, 0.15) is 0 Å². The molecule has 1 saturated heterocycles. The summed E-state index contributed by atoms with van der Waals surface area (Å²) in [5.41, 5.74) is 2.24. The minimum absolute atomic E-state index is 0.114. The van der Waals surface area contributed by atoms with Gasteiger partial charge in [0.2, 0.25) is 0 Å². The van der Waals surface area contributed by atoms with E-state index >= 15 is 0 Å². The molecule has 1 aliphatic rings. The fourth-order valence-corrected chi connectivity index (χ4v) is 3.24. The lowest BCUT2D eigenvalue weighted by atomic mass is 10.00. The van der Waals surface area contributed by atoms with Gasteiger partial charge in [0.05, 0.1) is 5.56 Å². The van der Waals surface area contributed by atoms with Crippen molar-refractivity contribution in [3.63, 3.8) is 0 Å². The molecule has 0 saturated carbocycles. The van der Waals surface area contributed by atoms with Gasteiger partial charge in [-0.25, -0.2) is 4.79 Å². The molecule has 0 spiro atoms. The van der Waals surface area contributed by atoms with Crippen molar-refractivity contribution < 1.29 is 14.3 Å². The zero-order chi connectivity index (χ0) is 17.6. The van der Waals surface area contributed by atoms with E-state index in [1.54, 1.807) is 17.0 Å². The highest BCUT2D eigenvalue weighted by Gasteiger charge is 2.22. The van der Waals surface area contributed by atoms with Crippen LogP contribution in [0.2, 0.25) is 0 Å². The predicted octanol–water partition coefficient (Wildman–Crippen LogP) is 3.77. The molecular formula is C21H23NO3. The largest absolute Gasteiger partial charge is 0.452 e. The molecule has 1 aliphatic heterocycles. The van der Waals surface area contributed by atoms with Gasteiger partial charge in [-0.3, -0.25) is 4.79 Å². The molecule has 1 atom stereocenters. The smallest absolute Gasteiger partial charge is 0.339 e. The topological polar surface area (TPSA) is 46.6 Å². The van der Waals surface area contributed by atoms with E-state index < -0.39 is 5.97 Å². The number of nitrogens with zero attached hydrogens (tertiary/aromatic N) is 1. The first-order valence-corrected chi connectivity index (χ1v) is 8.74. The Bertz CT molecular complexity index is 742. The molecule has 0 N–H and O–H groups in total. The second-order valence-corrected chi connectivity index (χ2v) is 6.57. The van der Waals surface area contributed by atoms with Crippen LogP contribution < -0.4 is 0 Å². The fraction of sp³-hybridized carbons (Fsp3) is 0.333. The van der Waals surface area contributed by atoms with Crippen LogP contribution in [0.25, 0.3) is 11.1 Å². The number of hydrogen-bond donors (Lipinski definition) is 0. The Morgan fingerprint density at radius 1 is 1.08 bits per heavy atom. The van der Waals surface area contributed by atoms with Gasteiger partial charge in [-0.15, -0.1) is 0 Å². The first-order chi connectivity index (χ1) is 12.1. The van der Waals surface area contributed by atoms with E-state index in [4.69, 9.17) is 4.74 Å². The number of esters is 1. The Morgan fingerprint density at radius 3 is 2.56 bits per heavy atom. The molecule has 0 bridgehead atoms. The minimum atomic E-state index is -0.460. The van der Waals surface area contributed by atoms with Crippen molar-refractivity contribution in [2.24, 2.45) is 5.92 Å². The van der Waals surface area contributed by atoms with Crippen molar-refractivity contribution in [2.45, 2.75) is 19.8 Å². The van der Waals surface area contributed by atoms with Crippen LogP contribution in [0.4, 0.5) is 0 Å². The van der Waals surface area contributed by atoms with Crippen molar-refractivity contribution in [1.82, 2.24) is 4.90 Å². The predicted molar refractivity (Wildman–Crippen MR) is 97.1 cm³/mol. The number of amides is 1. The maximum Gasteiger partial charge on any atom is 0.339 e. The molecule has 4 nitrogen and oxygen atoms in total. The van der Waals surface area contributed by atoms with Crippen LogP contribution in [0.5, 0.6) is 0 Å². The van der Waals surface area contributed by atoms with Gasteiger partial charge < -0.3 is 9.64 Å². The molecule has 1 fully saturated rings. The third kappa shape index (κ3) is 4.27. The summed E-state index contributed by atoms with van der Waals surface area (Å²) in [4.78, 5) is 26.6. The average molecular weight is 337 g/mol. The number of likely N-dealkylation sites (tertiary alicyclic amines) is 1. The van der Waals surface area contributed by atoms with E-state index in [1.165, 1.54) is 0 Å². The van der Waals surface area contributed by atoms with Gasteiger partial charge >= 0.3 is 5.97 Å². The van der Waals surface area contributed by atoms with Crippen LogP contribution in [0.3, 0.4) is 0 Å².